The van der Waals surface area contributed by atoms with Crippen LogP contribution in [0.3, 0.4) is 0 Å². The Balaban J connectivity index is 0.00000338. The fraction of sp³-hybridized carbons (Fsp3) is 0.143. The van der Waals surface area contributed by atoms with Gasteiger partial charge in [-0.25, -0.2) is 43.9 Å². The van der Waals surface area contributed by atoms with Gasteiger partial charge in [-0.15, -0.1) is 0 Å². The smallest absolute Gasteiger partial charge is 0.200 e. The molecule has 140 valence electrons. The van der Waals surface area contributed by atoms with E-state index in [9.17, 15) is 43.9 Å². The van der Waals surface area contributed by atoms with Crippen molar-refractivity contribution in [3.8, 4) is 0 Å². The molecular weight excluding hydrogens is 509 g/mol. The van der Waals surface area contributed by atoms with E-state index in [-0.39, 0.29) is 35.7 Å². The quantitative estimate of drug-likeness (QED) is 0.237. The van der Waals surface area contributed by atoms with E-state index in [0.717, 1.165) is 0 Å². The summed E-state index contributed by atoms with van der Waals surface area (Å²) in [7, 11) is 0. The fourth-order valence-corrected chi connectivity index (χ4v) is 2.83. The maximum atomic E-state index is 13.4. The SMILES string of the molecule is Fc1c(F)c(F)c(CSCc2c(F)c(F)c(F)c(F)c2F)c(F)c1F.[Sn]. The second kappa shape index (κ2) is 8.72. The molecule has 0 heterocycles. The Labute approximate surface area is 160 Å². The molecule has 0 saturated heterocycles. The first-order chi connectivity index (χ1) is 11.6. The van der Waals surface area contributed by atoms with Crippen LogP contribution >= 0.6 is 11.8 Å². The normalized spacial score (nSPS) is 10.8. The van der Waals surface area contributed by atoms with E-state index in [0.29, 0.717) is 0 Å². The molecule has 0 saturated carbocycles. The van der Waals surface area contributed by atoms with E-state index in [1.54, 1.807) is 0 Å². The Morgan fingerprint density at radius 3 is 0.808 bits per heavy atom. The molecule has 0 bridgehead atoms. The summed E-state index contributed by atoms with van der Waals surface area (Å²) in [6, 6.07) is 0. The summed E-state index contributed by atoms with van der Waals surface area (Å²) in [6.45, 7) is 0. The van der Waals surface area contributed by atoms with Gasteiger partial charge in [0.1, 0.15) is 0 Å². The number of hydrogen-bond donors (Lipinski definition) is 0. The van der Waals surface area contributed by atoms with Crippen molar-refractivity contribution in [2.45, 2.75) is 11.5 Å². The van der Waals surface area contributed by atoms with Gasteiger partial charge in [0.2, 0.25) is 11.6 Å². The van der Waals surface area contributed by atoms with Crippen LogP contribution in [0.25, 0.3) is 0 Å². The molecule has 2 rings (SSSR count). The molecule has 26 heavy (non-hydrogen) atoms. The van der Waals surface area contributed by atoms with Gasteiger partial charge in [-0.2, -0.15) is 11.8 Å². The Morgan fingerprint density at radius 1 is 0.385 bits per heavy atom. The van der Waals surface area contributed by atoms with Crippen LogP contribution in [0.4, 0.5) is 43.9 Å². The first kappa shape index (κ1) is 22.9. The van der Waals surface area contributed by atoms with Gasteiger partial charge in [0.15, 0.2) is 46.5 Å². The van der Waals surface area contributed by atoms with E-state index >= 15 is 0 Å². The zero-order valence-electron chi connectivity index (χ0n) is 12.1. The van der Waals surface area contributed by atoms with Crippen LogP contribution in [0.5, 0.6) is 0 Å². The van der Waals surface area contributed by atoms with Gasteiger partial charge in [-0.3, -0.25) is 0 Å². The van der Waals surface area contributed by atoms with Crippen LogP contribution < -0.4 is 0 Å². The molecule has 0 N–H and O–H groups in total. The Kier molecular flexibility index (Phi) is 7.69. The average molecular weight is 513 g/mol. The number of thioether (sulfide) groups is 1. The molecule has 0 atom stereocenters. The van der Waals surface area contributed by atoms with Crippen LogP contribution in [-0.4, -0.2) is 23.9 Å². The topological polar surface area (TPSA) is 0 Å². The van der Waals surface area contributed by atoms with Gasteiger partial charge >= 0.3 is 0 Å². The van der Waals surface area contributed by atoms with Gasteiger partial charge in [0.25, 0.3) is 0 Å². The molecule has 0 aliphatic heterocycles. The van der Waals surface area contributed by atoms with Gasteiger partial charge in [-0.05, 0) is 0 Å². The number of halogens is 10. The summed E-state index contributed by atoms with van der Waals surface area (Å²) in [5.41, 5.74) is -2.57. The molecule has 0 amide bonds. The van der Waals surface area contributed by atoms with Gasteiger partial charge in [0.05, 0.1) is 0 Å². The molecule has 0 spiro atoms. The number of rotatable bonds is 4. The van der Waals surface area contributed by atoms with Crippen molar-refractivity contribution in [1.29, 1.82) is 0 Å². The second-order valence-electron chi connectivity index (χ2n) is 4.59. The van der Waals surface area contributed by atoms with E-state index in [1.165, 1.54) is 0 Å². The largest absolute Gasteiger partial charge is 0.203 e. The van der Waals surface area contributed by atoms with Crippen LogP contribution in [0.2, 0.25) is 0 Å². The third-order valence-electron chi connectivity index (χ3n) is 3.09. The van der Waals surface area contributed by atoms with E-state index in [1.807, 2.05) is 0 Å². The minimum atomic E-state index is -2.39. The molecule has 0 nitrogen and oxygen atoms in total. The first-order valence-electron chi connectivity index (χ1n) is 6.17. The summed E-state index contributed by atoms with van der Waals surface area (Å²) < 4.78 is 131. The molecule has 12 heteroatoms. The van der Waals surface area contributed by atoms with Crippen molar-refractivity contribution in [2.75, 3.05) is 0 Å². The summed E-state index contributed by atoms with van der Waals surface area (Å²) in [5.74, 6) is -24.2. The van der Waals surface area contributed by atoms with Crippen molar-refractivity contribution in [3.05, 3.63) is 69.3 Å². The van der Waals surface area contributed by atoms with E-state index < -0.39 is 80.8 Å². The Morgan fingerprint density at radius 2 is 0.577 bits per heavy atom. The average Bonchev–Trinajstić information content (AvgIpc) is 2.60. The Hall–Kier alpha value is -1.11. The summed E-state index contributed by atoms with van der Waals surface area (Å²) in [4.78, 5) is 0. The van der Waals surface area contributed by atoms with Gasteiger partial charge < -0.3 is 0 Å². The van der Waals surface area contributed by atoms with Crippen LogP contribution in [-0.2, 0) is 11.5 Å². The zero-order valence-corrected chi connectivity index (χ0v) is 15.8. The molecule has 0 aliphatic carbocycles. The third-order valence-corrected chi connectivity index (χ3v) is 4.08. The molecule has 0 fully saturated rings. The number of hydrogen-bond acceptors (Lipinski definition) is 1. The van der Waals surface area contributed by atoms with E-state index in [2.05, 4.69) is 0 Å². The van der Waals surface area contributed by atoms with Crippen molar-refractivity contribution < 1.29 is 43.9 Å². The van der Waals surface area contributed by atoms with Crippen LogP contribution in [0.1, 0.15) is 11.1 Å². The third kappa shape index (κ3) is 3.92. The standard InChI is InChI=1S/C14H4F10S.Sn/c15-5-3(6(16)10(20)13(23)9(5)19)1-25-2-4-7(17)11(21)14(24)12(22)8(4)18;/h1-2H2;. The first-order valence-corrected chi connectivity index (χ1v) is 7.33. The second-order valence-corrected chi connectivity index (χ2v) is 5.58. The molecule has 0 aliphatic rings. The molecule has 2 aromatic rings. The predicted molar refractivity (Wildman–Crippen MR) is 73.2 cm³/mol. The van der Waals surface area contributed by atoms with Gasteiger partial charge in [0, 0.05) is 46.5 Å². The zero-order chi connectivity index (χ0) is 19.0. The van der Waals surface area contributed by atoms with Crippen molar-refractivity contribution in [1.82, 2.24) is 0 Å². The Bertz CT molecular complexity index is 727. The summed E-state index contributed by atoms with van der Waals surface area (Å²) >= 11 is 0.191. The molecular formula is C14H4F10SSn. The van der Waals surface area contributed by atoms with Crippen molar-refractivity contribution in [2.24, 2.45) is 0 Å². The van der Waals surface area contributed by atoms with E-state index in [4.69, 9.17) is 0 Å². The van der Waals surface area contributed by atoms with Gasteiger partial charge in [-0.1, -0.05) is 0 Å². The monoisotopic (exact) mass is 514 g/mol. The maximum absolute atomic E-state index is 13.4. The predicted octanol–water partition coefficient (Wildman–Crippen LogP) is 5.13. The molecule has 0 unspecified atom stereocenters. The molecule has 4 radical (unpaired) electrons. The minimum Gasteiger partial charge on any atom is -0.203 e. The molecule has 2 aromatic carbocycles. The van der Waals surface area contributed by atoms with Crippen LogP contribution in [0, 0.1) is 58.2 Å². The fourth-order valence-electron chi connectivity index (χ4n) is 1.81. The number of benzene rings is 2. The maximum Gasteiger partial charge on any atom is 0.200 e. The van der Waals surface area contributed by atoms with Crippen molar-refractivity contribution in [3.63, 3.8) is 0 Å². The minimum absolute atomic E-state index is 0. The summed E-state index contributed by atoms with van der Waals surface area (Å²) in [6.07, 6.45) is 0. The van der Waals surface area contributed by atoms with Crippen molar-refractivity contribution >= 4 is 35.7 Å². The van der Waals surface area contributed by atoms with Crippen LogP contribution in [0.15, 0.2) is 0 Å². The molecule has 0 aromatic heterocycles. The summed E-state index contributed by atoms with van der Waals surface area (Å²) in [5, 5.41) is 0.